The summed E-state index contributed by atoms with van der Waals surface area (Å²) < 4.78 is 30.5. The van der Waals surface area contributed by atoms with Crippen molar-refractivity contribution in [3.8, 4) is 0 Å². The molecule has 1 aromatic carbocycles. The van der Waals surface area contributed by atoms with E-state index in [1.54, 1.807) is 0 Å². The third-order valence-corrected chi connectivity index (χ3v) is 9.59. The van der Waals surface area contributed by atoms with E-state index in [1.807, 2.05) is 0 Å². The number of fused-ring (bicyclic) bond motifs is 2. The van der Waals surface area contributed by atoms with Crippen LogP contribution in [0.5, 0.6) is 0 Å². The molecule has 3 aliphatic carbocycles. The standard InChI is InChI=1S/C31H48F2/c1-3-5-7-8-9-11-22-12-14-25-20-26(17-16-24(25)18-22)29-21-27-15-13-23(10-6-4-2)19-28(27)30(32)31(29)33/h21-26H,3-20H2,1-2H3. The molecule has 3 aliphatic rings. The molecule has 33 heavy (non-hydrogen) atoms. The highest BCUT2D eigenvalue weighted by molar-refractivity contribution is 5.38. The second-order valence-electron chi connectivity index (χ2n) is 11.9. The average molecular weight is 459 g/mol. The van der Waals surface area contributed by atoms with Crippen molar-refractivity contribution in [3.05, 3.63) is 34.4 Å². The molecule has 4 rings (SSSR count). The van der Waals surface area contributed by atoms with Gasteiger partial charge in [0.2, 0.25) is 0 Å². The van der Waals surface area contributed by atoms with Gasteiger partial charge < -0.3 is 0 Å². The smallest absolute Gasteiger partial charge is 0.162 e. The normalized spacial score (nSPS) is 29.5. The van der Waals surface area contributed by atoms with Crippen molar-refractivity contribution in [1.82, 2.24) is 0 Å². The Morgan fingerprint density at radius 3 is 2.27 bits per heavy atom. The van der Waals surface area contributed by atoms with E-state index in [0.717, 1.165) is 67.4 Å². The number of hydrogen-bond donors (Lipinski definition) is 0. The van der Waals surface area contributed by atoms with Gasteiger partial charge in [0.15, 0.2) is 11.6 Å². The molecule has 5 atom stereocenters. The number of unbranched alkanes of at least 4 members (excludes halogenated alkanes) is 5. The fourth-order valence-electron chi connectivity index (χ4n) is 7.54. The molecule has 0 aromatic heterocycles. The zero-order valence-corrected chi connectivity index (χ0v) is 21.4. The predicted octanol–water partition coefficient (Wildman–Crippen LogP) is 9.92. The van der Waals surface area contributed by atoms with E-state index in [4.69, 9.17) is 0 Å². The molecule has 0 aliphatic heterocycles. The lowest BCUT2D eigenvalue weighted by Crippen LogP contribution is -2.31. The van der Waals surface area contributed by atoms with Gasteiger partial charge in [-0.1, -0.05) is 84.1 Å². The zero-order valence-electron chi connectivity index (χ0n) is 21.4. The summed E-state index contributed by atoms with van der Waals surface area (Å²) in [5.74, 6) is 2.25. The van der Waals surface area contributed by atoms with Crippen LogP contribution in [0.1, 0.15) is 139 Å². The maximum absolute atomic E-state index is 15.3. The van der Waals surface area contributed by atoms with Crippen LogP contribution in [0.2, 0.25) is 0 Å². The summed E-state index contributed by atoms with van der Waals surface area (Å²) >= 11 is 0. The van der Waals surface area contributed by atoms with Crippen LogP contribution < -0.4 is 0 Å². The molecule has 1 aromatic rings. The summed E-state index contributed by atoms with van der Waals surface area (Å²) in [7, 11) is 0. The molecule has 5 unspecified atom stereocenters. The Morgan fingerprint density at radius 1 is 0.727 bits per heavy atom. The Bertz CT molecular complexity index is 754. The number of halogens is 2. The maximum Gasteiger partial charge on any atom is 0.162 e. The molecular formula is C31H48F2. The van der Waals surface area contributed by atoms with Crippen molar-refractivity contribution in [1.29, 1.82) is 0 Å². The fraction of sp³-hybridized carbons (Fsp3) is 0.806. The highest BCUT2D eigenvalue weighted by Gasteiger charge is 2.37. The minimum Gasteiger partial charge on any atom is -0.203 e. The van der Waals surface area contributed by atoms with Gasteiger partial charge in [-0.25, -0.2) is 8.78 Å². The average Bonchev–Trinajstić information content (AvgIpc) is 2.84. The van der Waals surface area contributed by atoms with E-state index >= 15 is 8.78 Å². The first-order valence-electron chi connectivity index (χ1n) is 14.6. The second kappa shape index (κ2) is 12.2. The number of aryl methyl sites for hydroxylation is 1. The van der Waals surface area contributed by atoms with Gasteiger partial charge in [0, 0.05) is 0 Å². The molecule has 0 spiro atoms. The van der Waals surface area contributed by atoms with Crippen molar-refractivity contribution in [3.63, 3.8) is 0 Å². The van der Waals surface area contributed by atoms with Gasteiger partial charge in [-0.15, -0.1) is 0 Å². The van der Waals surface area contributed by atoms with Crippen LogP contribution in [0.25, 0.3) is 0 Å². The molecule has 0 nitrogen and oxygen atoms in total. The van der Waals surface area contributed by atoms with Gasteiger partial charge in [-0.2, -0.15) is 0 Å². The van der Waals surface area contributed by atoms with Gasteiger partial charge in [0.25, 0.3) is 0 Å². The molecule has 0 N–H and O–H groups in total. The number of hydrogen-bond acceptors (Lipinski definition) is 0. The van der Waals surface area contributed by atoms with Crippen LogP contribution >= 0.6 is 0 Å². The Morgan fingerprint density at radius 2 is 1.45 bits per heavy atom. The van der Waals surface area contributed by atoms with Gasteiger partial charge in [-0.05, 0) is 97.6 Å². The van der Waals surface area contributed by atoms with Crippen molar-refractivity contribution in [2.75, 3.05) is 0 Å². The van der Waals surface area contributed by atoms with Crippen LogP contribution in [0.3, 0.4) is 0 Å². The Hall–Kier alpha value is -0.920. The minimum absolute atomic E-state index is 0.231. The molecule has 186 valence electrons. The van der Waals surface area contributed by atoms with E-state index in [2.05, 4.69) is 19.9 Å². The highest BCUT2D eigenvalue weighted by Crippen LogP contribution is 2.49. The van der Waals surface area contributed by atoms with Gasteiger partial charge in [0.05, 0.1) is 0 Å². The summed E-state index contributed by atoms with van der Waals surface area (Å²) in [5, 5.41) is 0. The van der Waals surface area contributed by atoms with E-state index in [1.165, 1.54) is 77.0 Å². The largest absolute Gasteiger partial charge is 0.203 e. The summed E-state index contributed by atoms with van der Waals surface area (Å²) in [6.45, 7) is 4.49. The molecule has 0 amide bonds. The molecule has 2 saturated carbocycles. The SMILES string of the molecule is CCCCCCCC1CCC2CC(c3cc4c(c(F)c3F)CC(CCCC)CC4)CCC2C1. The van der Waals surface area contributed by atoms with Crippen LogP contribution in [0.4, 0.5) is 8.78 Å². The first kappa shape index (κ1) is 25.2. The number of benzene rings is 1. The quantitative estimate of drug-likeness (QED) is 0.306. The van der Waals surface area contributed by atoms with Crippen LogP contribution in [-0.4, -0.2) is 0 Å². The maximum atomic E-state index is 15.3. The minimum atomic E-state index is -0.505. The lowest BCUT2D eigenvalue weighted by molar-refractivity contribution is 0.112. The summed E-state index contributed by atoms with van der Waals surface area (Å²) in [6.07, 6.45) is 22.1. The van der Waals surface area contributed by atoms with E-state index in [9.17, 15) is 0 Å². The number of rotatable bonds is 10. The molecule has 0 heterocycles. The van der Waals surface area contributed by atoms with Crippen LogP contribution in [-0.2, 0) is 12.8 Å². The van der Waals surface area contributed by atoms with Crippen LogP contribution in [0, 0.1) is 35.3 Å². The molecule has 0 saturated heterocycles. The van der Waals surface area contributed by atoms with Gasteiger partial charge >= 0.3 is 0 Å². The van der Waals surface area contributed by atoms with E-state index in [-0.39, 0.29) is 5.92 Å². The monoisotopic (exact) mass is 458 g/mol. The molecule has 2 fully saturated rings. The van der Waals surface area contributed by atoms with Gasteiger partial charge in [-0.3, -0.25) is 0 Å². The summed E-state index contributed by atoms with van der Waals surface area (Å²) in [6, 6.07) is 2.09. The third-order valence-electron chi connectivity index (χ3n) is 9.59. The third kappa shape index (κ3) is 6.21. The Labute approximate surface area is 202 Å². The lowest BCUT2D eigenvalue weighted by atomic mass is 9.63. The topological polar surface area (TPSA) is 0 Å². The predicted molar refractivity (Wildman–Crippen MR) is 136 cm³/mol. The van der Waals surface area contributed by atoms with Crippen molar-refractivity contribution in [2.45, 2.75) is 135 Å². The fourth-order valence-corrected chi connectivity index (χ4v) is 7.54. The summed E-state index contributed by atoms with van der Waals surface area (Å²) in [4.78, 5) is 0. The Kier molecular flexibility index (Phi) is 9.28. The summed E-state index contributed by atoms with van der Waals surface area (Å²) in [5.41, 5.74) is 2.54. The van der Waals surface area contributed by atoms with E-state index in [0.29, 0.717) is 11.5 Å². The highest BCUT2D eigenvalue weighted by atomic mass is 19.2. The van der Waals surface area contributed by atoms with Crippen molar-refractivity contribution >= 4 is 0 Å². The molecule has 0 radical (unpaired) electrons. The lowest BCUT2D eigenvalue weighted by Gasteiger charge is -2.42. The van der Waals surface area contributed by atoms with Gasteiger partial charge in [0.1, 0.15) is 0 Å². The zero-order chi connectivity index (χ0) is 23.2. The first-order chi connectivity index (χ1) is 16.1. The molecule has 0 bridgehead atoms. The van der Waals surface area contributed by atoms with Crippen molar-refractivity contribution < 1.29 is 8.78 Å². The first-order valence-corrected chi connectivity index (χ1v) is 14.6. The van der Waals surface area contributed by atoms with Crippen molar-refractivity contribution in [2.24, 2.45) is 23.7 Å². The van der Waals surface area contributed by atoms with E-state index < -0.39 is 11.6 Å². The van der Waals surface area contributed by atoms with Crippen LogP contribution in [0.15, 0.2) is 6.07 Å². The second-order valence-corrected chi connectivity index (χ2v) is 11.9. The molecule has 2 heteroatoms. The molecular weight excluding hydrogens is 410 g/mol. The Balaban J connectivity index is 1.34.